The second-order valence-electron chi connectivity index (χ2n) is 6.14. The number of allylic oxidation sites excluding steroid dienone is 1. The van der Waals surface area contributed by atoms with E-state index in [1.165, 1.54) is 11.1 Å². The van der Waals surface area contributed by atoms with Gasteiger partial charge in [-0.05, 0) is 35.8 Å². The van der Waals surface area contributed by atoms with Crippen LogP contribution in [0.2, 0.25) is 10.0 Å². The van der Waals surface area contributed by atoms with Crippen LogP contribution >= 0.6 is 23.2 Å². The van der Waals surface area contributed by atoms with Crippen molar-refractivity contribution in [1.29, 1.82) is 0 Å². The molecule has 24 heavy (non-hydrogen) atoms. The van der Waals surface area contributed by atoms with Gasteiger partial charge in [-0.3, -0.25) is 4.90 Å². The molecule has 3 rings (SSSR count). The fourth-order valence-electron chi connectivity index (χ4n) is 2.91. The molecule has 0 atom stereocenters. The Hall–Kier alpha value is -1.32. The zero-order valence-corrected chi connectivity index (χ0v) is 15.4. The van der Waals surface area contributed by atoms with Crippen molar-refractivity contribution >= 4 is 28.8 Å². The van der Waals surface area contributed by atoms with Gasteiger partial charge in [0.1, 0.15) is 0 Å². The van der Waals surface area contributed by atoms with Gasteiger partial charge in [-0.15, -0.1) is 0 Å². The fraction of sp³-hybridized carbons (Fsp3) is 0.300. The first-order valence-corrected chi connectivity index (χ1v) is 9.05. The van der Waals surface area contributed by atoms with E-state index in [-0.39, 0.29) is 0 Å². The molecule has 0 aromatic heterocycles. The quantitative estimate of drug-likeness (QED) is 0.827. The highest BCUT2D eigenvalue weighted by Crippen LogP contribution is 2.31. The molecule has 1 N–H and O–H groups in total. The number of piperazine rings is 1. The molecule has 1 aliphatic heterocycles. The molecule has 1 heterocycles. The standard InChI is InChI=1S/C20H22Cl2N2/c1-15(8-11-24-12-9-23-10-13-24)16-2-4-17(5-3-16)19-7-6-18(21)14-20(19)22/h2-8,14,23H,9-13H2,1H3. The van der Waals surface area contributed by atoms with Crippen molar-refractivity contribution in [2.75, 3.05) is 32.7 Å². The third kappa shape index (κ3) is 4.40. The second-order valence-corrected chi connectivity index (χ2v) is 6.98. The Balaban J connectivity index is 1.71. The highest BCUT2D eigenvalue weighted by molar-refractivity contribution is 6.36. The van der Waals surface area contributed by atoms with Gasteiger partial charge in [0.15, 0.2) is 0 Å². The molecule has 2 aromatic carbocycles. The highest BCUT2D eigenvalue weighted by atomic mass is 35.5. The molecule has 0 saturated carbocycles. The zero-order valence-electron chi connectivity index (χ0n) is 13.9. The first kappa shape index (κ1) is 17.5. The van der Waals surface area contributed by atoms with Crippen LogP contribution in [0.5, 0.6) is 0 Å². The van der Waals surface area contributed by atoms with Crippen molar-refractivity contribution in [3.05, 3.63) is 64.1 Å². The van der Waals surface area contributed by atoms with Crippen molar-refractivity contribution in [2.24, 2.45) is 0 Å². The predicted molar refractivity (Wildman–Crippen MR) is 105 cm³/mol. The average molecular weight is 361 g/mol. The van der Waals surface area contributed by atoms with Gasteiger partial charge in [0.25, 0.3) is 0 Å². The molecule has 0 spiro atoms. The number of hydrogen-bond acceptors (Lipinski definition) is 2. The van der Waals surface area contributed by atoms with E-state index in [0.717, 1.165) is 43.9 Å². The molecule has 0 bridgehead atoms. The Kier molecular flexibility index (Phi) is 5.96. The normalized spacial score (nSPS) is 16.4. The van der Waals surface area contributed by atoms with Gasteiger partial charge in [0.2, 0.25) is 0 Å². The molecule has 126 valence electrons. The van der Waals surface area contributed by atoms with Crippen molar-refractivity contribution < 1.29 is 0 Å². The third-order valence-corrected chi connectivity index (χ3v) is 5.00. The van der Waals surface area contributed by atoms with Crippen LogP contribution < -0.4 is 5.32 Å². The zero-order chi connectivity index (χ0) is 16.9. The summed E-state index contributed by atoms with van der Waals surface area (Å²) in [7, 11) is 0. The monoisotopic (exact) mass is 360 g/mol. The molecule has 1 aliphatic rings. The Morgan fingerprint density at radius 1 is 1.08 bits per heavy atom. The van der Waals surface area contributed by atoms with E-state index in [2.05, 4.69) is 47.5 Å². The van der Waals surface area contributed by atoms with Crippen LogP contribution in [0.4, 0.5) is 0 Å². The summed E-state index contributed by atoms with van der Waals surface area (Å²) in [5.41, 5.74) is 4.67. The van der Waals surface area contributed by atoms with Crippen molar-refractivity contribution in [3.63, 3.8) is 0 Å². The lowest BCUT2D eigenvalue weighted by Gasteiger charge is -2.26. The molecule has 1 saturated heterocycles. The fourth-order valence-corrected chi connectivity index (χ4v) is 3.43. The lowest BCUT2D eigenvalue weighted by Crippen LogP contribution is -2.43. The van der Waals surface area contributed by atoms with Gasteiger partial charge < -0.3 is 5.32 Å². The van der Waals surface area contributed by atoms with Crippen LogP contribution in [-0.2, 0) is 0 Å². The van der Waals surface area contributed by atoms with Crippen molar-refractivity contribution in [3.8, 4) is 11.1 Å². The Bertz CT molecular complexity index is 717. The van der Waals surface area contributed by atoms with Gasteiger partial charge in [-0.1, -0.05) is 59.6 Å². The van der Waals surface area contributed by atoms with Crippen LogP contribution in [0.1, 0.15) is 12.5 Å². The second kappa shape index (κ2) is 8.17. The molecule has 2 aromatic rings. The van der Waals surface area contributed by atoms with E-state index < -0.39 is 0 Å². The predicted octanol–water partition coefficient (Wildman–Crippen LogP) is 4.97. The average Bonchev–Trinajstić information content (AvgIpc) is 2.61. The van der Waals surface area contributed by atoms with Crippen LogP contribution in [0.25, 0.3) is 16.7 Å². The molecule has 1 fully saturated rings. The lowest BCUT2D eigenvalue weighted by atomic mass is 10.0. The number of hydrogen-bond donors (Lipinski definition) is 1. The van der Waals surface area contributed by atoms with E-state index >= 15 is 0 Å². The van der Waals surface area contributed by atoms with E-state index in [1.54, 1.807) is 6.07 Å². The summed E-state index contributed by atoms with van der Waals surface area (Å²) in [6, 6.07) is 14.2. The van der Waals surface area contributed by atoms with Gasteiger partial charge in [-0.2, -0.15) is 0 Å². The molecular weight excluding hydrogens is 339 g/mol. The molecular formula is C20H22Cl2N2. The van der Waals surface area contributed by atoms with Crippen molar-refractivity contribution in [2.45, 2.75) is 6.92 Å². The number of benzene rings is 2. The minimum atomic E-state index is 0.659. The van der Waals surface area contributed by atoms with Crippen molar-refractivity contribution in [1.82, 2.24) is 10.2 Å². The van der Waals surface area contributed by atoms with Crippen LogP contribution in [0.15, 0.2) is 48.5 Å². The Morgan fingerprint density at radius 2 is 1.79 bits per heavy atom. The summed E-state index contributed by atoms with van der Waals surface area (Å²) < 4.78 is 0. The smallest absolute Gasteiger partial charge is 0.0499 e. The molecule has 2 nitrogen and oxygen atoms in total. The van der Waals surface area contributed by atoms with Gasteiger partial charge in [0, 0.05) is 48.3 Å². The number of nitrogens with zero attached hydrogens (tertiary/aromatic N) is 1. The summed E-state index contributed by atoms with van der Waals surface area (Å²) in [5.74, 6) is 0. The minimum Gasteiger partial charge on any atom is -0.314 e. The summed E-state index contributed by atoms with van der Waals surface area (Å²) in [6.45, 7) is 7.60. The molecule has 0 unspecified atom stereocenters. The summed E-state index contributed by atoms with van der Waals surface area (Å²) in [5, 5.41) is 4.72. The molecule has 0 amide bonds. The summed E-state index contributed by atoms with van der Waals surface area (Å²) in [6.07, 6.45) is 2.32. The minimum absolute atomic E-state index is 0.659. The SMILES string of the molecule is CC(=CCN1CCNCC1)c1ccc(-c2ccc(Cl)cc2Cl)cc1. The first-order valence-electron chi connectivity index (χ1n) is 8.29. The maximum Gasteiger partial charge on any atom is 0.0499 e. The maximum atomic E-state index is 6.30. The van der Waals surface area contributed by atoms with Gasteiger partial charge >= 0.3 is 0 Å². The van der Waals surface area contributed by atoms with Gasteiger partial charge in [0.05, 0.1) is 0 Å². The summed E-state index contributed by atoms with van der Waals surface area (Å²) in [4.78, 5) is 2.47. The van der Waals surface area contributed by atoms with Crippen LogP contribution in [-0.4, -0.2) is 37.6 Å². The maximum absolute atomic E-state index is 6.30. The summed E-state index contributed by atoms with van der Waals surface area (Å²) >= 11 is 12.3. The van der Waals surface area contributed by atoms with E-state index in [4.69, 9.17) is 23.2 Å². The highest BCUT2D eigenvalue weighted by Gasteiger charge is 2.08. The van der Waals surface area contributed by atoms with Crippen LogP contribution in [0.3, 0.4) is 0 Å². The van der Waals surface area contributed by atoms with Crippen LogP contribution in [0, 0.1) is 0 Å². The number of rotatable bonds is 4. The van der Waals surface area contributed by atoms with E-state index in [1.807, 2.05) is 12.1 Å². The Morgan fingerprint density at radius 3 is 2.46 bits per heavy atom. The molecule has 0 radical (unpaired) electrons. The number of nitrogens with one attached hydrogen (secondary N) is 1. The topological polar surface area (TPSA) is 15.3 Å². The number of halogens is 2. The van der Waals surface area contributed by atoms with E-state index in [0.29, 0.717) is 10.0 Å². The molecule has 4 heteroatoms. The molecule has 0 aliphatic carbocycles. The van der Waals surface area contributed by atoms with Gasteiger partial charge in [-0.25, -0.2) is 0 Å². The van der Waals surface area contributed by atoms with E-state index in [9.17, 15) is 0 Å². The largest absolute Gasteiger partial charge is 0.314 e. The Labute approximate surface area is 154 Å². The lowest BCUT2D eigenvalue weighted by molar-refractivity contribution is 0.265. The third-order valence-electron chi connectivity index (χ3n) is 4.45. The first-order chi connectivity index (χ1) is 11.6.